The molecule has 0 bridgehead atoms. The maximum atomic E-state index is 6.00. The topological polar surface area (TPSA) is 53.1 Å². The second kappa shape index (κ2) is 6.32. The molecule has 102 valence electrons. The fourth-order valence-electron chi connectivity index (χ4n) is 1.91. The van der Waals surface area contributed by atoms with Crippen LogP contribution in [0.15, 0.2) is 41.1 Å². The Bertz CT molecular complexity index is 522. The summed E-state index contributed by atoms with van der Waals surface area (Å²) in [6, 6.07) is 7.99. The lowest BCUT2D eigenvalue weighted by Gasteiger charge is -2.20. The van der Waals surface area contributed by atoms with Gasteiger partial charge in [0.15, 0.2) is 0 Å². The van der Waals surface area contributed by atoms with Gasteiger partial charge in [-0.3, -0.25) is 4.68 Å². The number of nitrogens with two attached hydrogens (primary N) is 1. The molecule has 0 aliphatic heterocycles. The first-order valence-corrected chi connectivity index (χ1v) is 6.95. The van der Waals surface area contributed by atoms with Gasteiger partial charge in [-0.15, -0.1) is 0 Å². The molecule has 2 atom stereocenters. The minimum Gasteiger partial charge on any atom is -0.367 e. The van der Waals surface area contributed by atoms with Crippen LogP contribution in [0.25, 0.3) is 0 Å². The van der Waals surface area contributed by atoms with E-state index in [0.29, 0.717) is 6.61 Å². The average Bonchev–Trinajstić information content (AvgIpc) is 2.78. The Labute approximate surface area is 121 Å². The van der Waals surface area contributed by atoms with Crippen molar-refractivity contribution < 1.29 is 4.74 Å². The highest BCUT2D eigenvalue weighted by Crippen LogP contribution is 2.21. The maximum absolute atomic E-state index is 6.00. The van der Waals surface area contributed by atoms with E-state index in [1.54, 1.807) is 10.9 Å². The molecule has 19 heavy (non-hydrogen) atoms. The fraction of sp³-hybridized carbons (Fsp3) is 0.357. The summed E-state index contributed by atoms with van der Waals surface area (Å²) in [6.07, 6.45) is 3.60. The molecule has 0 amide bonds. The molecule has 2 rings (SSSR count). The third-order valence-corrected chi connectivity index (χ3v) is 3.40. The van der Waals surface area contributed by atoms with Crippen LogP contribution in [0.1, 0.15) is 24.2 Å². The molecule has 0 spiro atoms. The third-order valence-electron chi connectivity index (χ3n) is 2.87. The van der Waals surface area contributed by atoms with E-state index < -0.39 is 0 Å². The van der Waals surface area contributed by atoms with Gasteiger partial charge >= 0.3 is 0 Å². The summed E-state index contributed by atoms with van der Waals surface area (Å²) < 4.78 is 8.76. The molecule has 4 nitrogen and oxygen atoms in total. The number of halogens is 1. The van der Waals surface area contributed by atoms with Crippen LogP contribution in [0.2, 0.25) is 0 Å². The van der Waals surface area contributed by atoms with Crippen molar-refractivity contribution >= 4 is 15.9 Å². The summed E-state index contributed by atoms with van der Waals surface area (Å²) in [7, 11) is 1.89. The van der Waals surface area contributed by atoms with Crippen LogP contribution in [0.5, 0.6) is 0 Å². The summed E-state index contributed by atoms with van der Waals surface area (Å²) in [5, 5.41) is 4.16. The van der Waals surface area contributed by atoms with Crippen molar-refractivity contribution in [3.63, 3.8) is 0 Å². The zero-order valence-corrected chi connectivity index (χ0v) is 12.7. The molecular weight excluding hydrogens is 306 g/mol. The Balaban J connectivity index is 2.03. The van der Waals surface area contributed by atoms with Gasteiger partial charge in [-0.2, -0.15) is 5.10 Å². The van der Waals surface area contributed by atoms with Crippen molar-refractivity contribution in [1.29, 1.82) is 0 Å². The number of ether oxygens (including phenoxy) is 1. The lowest BCUT2D eigenvalue weighted by Crippen LogP contribution is -2.26. The smallest absolute Gasteiger partial charge is 0.101 e. The maximum Gasteiger partial charge on any atom is 0.101 e. The van der Waals surface area contributed by atoms with E-state index in [0.717, 1.165) is 15.6 Å². The van der Waals surface area contributed by atoms with Crippen LogP contribution in [0.4, 0.5) is 0 Å². The van der Waals surface area contributed by atoms with Gasteiger partial charge in [-0.25, -0.2) is 0 Å². The molecule has 2 N–H and O–H groups in total. The van der Waals surface area contributed by atoms with Crippen molar-refractivity contribution in [3.8, 4) is 0 Å². The highest BCUT2D eigenvalue weighted by atomic mass is 79.9. The van der Waals surface area contributed by atoms with E-state index in [9.17, 15) is 0 Å². The number of hydrogen-bond acceptors (Lipinski definition) is 3. The van der Waals surface area contributed by atoms with Crippen LogP contribution >= 0.6 is 15.9 Å². The van der Waals surface area contributed by atoms with E-state index in [1.165, 1.54) is 0 Å². The van der Waals surface area contributed by atoms with Crippen LogP contribution in [-0.2, 0) is 18.4 Å². The van der Waals surface area contributed by atoms with E-state index in [4.69, 9.17) is 10.5 Å². The van der Waals surface area contributed by atoms with Crippen molar-refractivity contribution in [3.05, 3.63) is 52.3 Å². The lowest BCUT2D eigenvalue weighted by molar-refractivity contribution is 0.0258. The van der Waals surface area contributed by atoms with Crippen LogP contribution < -0.4 is 5.73 Å². The summed E-state index contributed by atoms with van der Waals surface area (Å²) in [5.41, 5.74) is 8.13. The second-order valence-electron chi connectivity index (χ2n) is 4.66. The zero-order valence-electron chi connectivity index (χ0n) is 11.1. The largest absolute Gasteiger partial charge is 0.367 e. The number of hydrogen-bond donors (Lipinski definition) is 1. The van der Waals surface area contributed by atoms with Crippen molar-refractivity contribution in [2.24, 2.45) is 12.8 Å². The fourth-order valence-corrected chi connectivity index (χ4v) is 2.17. The van der Waals surface area contributed by atoms with Gasteiger partial charge in [0.05, 0.1) is 12.8 Å². The molecule has 1 aromatic carbocycles. The van der Waals surface area contributed by atoms with Gasteiger partial charge in [0.25, 0.3) is 0 Å². The monoisotopic (exact) mass is 323 g/mol. The predicted octanol–water partition coefficient (Wildman–Crippen LogP) is 2.79. The van der Waals surface area contributed by atoms with Gasteiger partial charge in [-0.05, 0) is 24.6 Å². The molecule has 2 aromatic rings. The van der Waals surface area contributed by atoms with E-state index >= 15 is 0 Å². The van der Waals surface area contributed by atoms with E-state index in [1.807, 2.05) is 44.4 Å². The second-order valence-corrected chi connectivity index (χ2v) is 5.58. The average molecular weight is 324 g/mol. The molecule has 0 saturated carbocycles. The molecule has 2 unspecified atom stereocenters. The highest BCUT2D eigenvalue weighted by molar-refractivity contribution is 9.10. The van der Waals surface area contributed by atoms with Crippen LogP contribution in [-0.4, -0.2) is 15.8 Å². The third kappa shape index (κ3) is 3.89. The SMILES string of the molecule is CC(N)C(OCc1ccc(Br)cc1)c1cnn(C)c1. The number of aromatic nitrogens is 2. The molecule has 0 aliphatic rings. The predicted molar refractivity (Wildman–Crippen MR) is 78.5 cm³/mol. The molecular formula is C14H18BrN3O. The minimum absolute atomic E-state index is 0.0837. The highest BCUT2D eigenvalue weighted by Gasteiger charge is 2.18. The number of aryl methyl sites for hydroxylation is 1. The van der Waals surface area contributed by atoms with Gasteiger partial charge in [-0.1, -0.05) is 28.1 Å². The van der Waals surface area contributed by atoms with Crippen LogP contribution in [0.3, 0.4) is 0 Å². The number of nitrogens with zero attached hydrogens (tertiary/aromatic N) is 2. The van der Waals surface area contributed by atoms with Crippen molar-refractivity contribution in [2.45, 2.75) is 25.7 Å². The summed E-state index contributed by atoms with van der Waals surface area (Å²) in [6.45, 7) is 2.48. The number of benzene rings is 1. The Kier molecular flexibility index (Phi) is 4.74. The van der Waals surface area contributed by atoms with Crippen molar-refractivity contribution in [1.82, 2.24) is 9.78 Å². The minimum atomic E-state index is -0.141. The standard InChI is InChI=1S/C14H18BrN3O/c1-10(16)14(12-7-17-18(2)8-12)19-9-11-3-5-13(15)6-4-11/h3-8,10,14H,9,16H2,1-2H3. The molecule has 0 radical (unpaired) electrons. The molecule has 5 heteroatoms. The van der Waals surface area contributed by atoms with Crippen LogP contribution in [0, 0.1) is 0 Å². The summed E-state index contributed by atoms with van der Waals surface area (Å²) in [5.74, 6) is 0. The summed E-state index contributed by atoms with van der Waals surface area (Å²) in [4.78, 5) is 0. The van der Waals surface area contributed by atoms with Gasteiger partial charge in [0.2, 0.25) is 0 Å². The Morgan fingerprint density at radius 1 is 1.37 bits per heavy atom. The molecule has 0 saturated heterocycles. The zero-order chi connectivity index (χ0) is 13.8. The first-order valence-electron chi connectivity index (χ1n) is 6.16. The molecule has 0 fully saturated rings. The molecule has 1 aromatic heterocycles. The first-order chi connectivity index (χ1) is 9.06. The quantitative estimate of drug-likeness (QED) is 0.920. The van der Waals surface area contributed by atoms with Gasteiger partial charge in [0.1, 0.15) is 6.10 Å². The normalized spacial score (nSPS) is 14.3. The van der Waals surface area contributed by atoms with Gasteiger partial charge in [0, 0.05) is 29.3 Å². The summed E-state index contributed by atoms with van der Waals surface area (Å²) >= 11 is 3.42. The van der Waals surface area contributed by atoms with Gasteiger partial charge < -0.3 is 10.5 Å². The lowest BCUT2D eigenvalue weighted by atomic mass is 10.1. The Morgan fingerprint density at radius 3 is 2.58 bits per heavy atom. The Hall–Kier alpha value is -1.17. The molecule has 1 heterocycles. The molecule has 0 aliphatic carbocycles. The van der Waals surface area contributed by atoms with E-state index in [-0.39, 0.29) is 12.1 Å². The Morgan fingerprint density at radius 2 is 2.05 bits per heavy atom. The first kappa shape index (κ1) is 14.2. The number of rotatable bonds is 5. The van der Waals surface area contributed by atoms with Crippen molar-refractivity contribution in [2.75, 3.05) is 0 Å². The van der Waals surface area contributed by atoms with E-state index in [2.05, 4.69) is 21.0 Å².